The second kappa shape index (κ2) is 5.48. The van der Waals surface area contributed by atoms with Crippen molar-refractivity contribution in [2.24, 2.45) is 5.73 Å². The first-order valence-corrected chi connectivity index (χ1v) is 6.52. The predicted molar refractivity (Wildman–Crippen MR) is 71.1 cm³/mol. The van der Waals surface area contributed by atoms with Crippen molar-refractivity contribution in [2.75, 3.05) is 13.6 Å². The van der Waals surface area contributed by atoms with Gasteiger partial charge in [-0.2, -0.15) is 0 Å². The monoisotopic (exact) mass is 247 g/mol. The summed E-state index contributed by atoms with van der Waals surface area (Å²) in [7, 11) is 2.14. The van der Waals surface area contributed by atoms with E-state index in [-0.39, 0.29) is 5.91 Å². The van der Waals surface area contributed by atoms with Gasteiger partial charge in [0.05, 0.1) is 11.7 Å². The molecule has 1 aliphatic rings. The maximum absolute atomic E-state index is 10.8. The van der Waals surface area contributed by atoms with Crippen molar-refractivity contribution in [3.05, 3.63) is 29.1 Å². The Morgan fingerprint density at radius 3 is 2.94 bits per heavy atom. The van der Waals surface area contributed by atoms with Gasteiger partial charge in [-0.05, 0) is 57.5 Å². The Balaban J connectivity index is 2.18. The number of hydrogen-bond donors (Lipinski definition) is 1. The van der Waals surface area contributed by atoms with E-state index in [0.717, 1.165) is 23.5 Å². The molecule has 0 aromatic carbocycles. The highest BCUT2D eigenvalue weighted by molar-refractivity contribution is 5.74. The van der Waals surface area contributed by atoms with Crippen LogP contribution in [0.15, 0.2) is 12.1 Å². The summed E-state index contributed by atoms with van der Waals surface area (Å²) in [6, 6.07) is 4.60. The summed E-state index contributed by atoms with van der Waals surface area (Å²) in [4.78, 5) is 17.8. The molecule has 0 spiro atoms. The van der Waals surface area contributed by atoms with Gasteiger partial charge in [-0.15, -0.1) is 0 Å². The number of nitrogens with two attached hydrogens (primary N) is 1. The number of likely N-dealkylation sites (tertiary alicyclic amines) is 1. The quantitative estimate of drug-likeness (QED) is 0.878. The van der Waals surface area contributed by atoms with Gasteiger partial charge in [0.25, 0.3) is 0 Å². The zero-order valence-electron chi connectivity index (χ0n) is 11.1. The summed E-state index contributed by atoms with van der Waals surface area (Å²) in [6.07, 6.45) is 3.52. The van der Waals surface area contributed by atoms with Crippen LogP contribution in [0.2, 0.25) is 0 Å². The van der Waals surface area contributed by atoms with Crippen LogP contribution in [-0.2, 0) is 11.2 Å². The average Bonchev–Trinajstić information content (AvgIpc) is 2.72. The van der Waals surface area contributed by atoms with E-state index in [2.05, 4.69) is 23.0 Å². The van der Waals surface area contributed by atoms with E-state index in [0.29, 0.717) is 18.9 Å². The highest BCUT2D eigenvalue weighted by atomic mass is 16.1. The molecule has 0 unspecified atom stereocenters. The van der Waals surface area contributed by atoms with E-state index in [1.807, 2.05) is 13.0 Å². The van der Waals surface area contributed by atoms with E-state index in [1.54, 1.807) is 0 Å². The Labute approximate surface area is 108 Å². The first-order valence-electron chi connectivity index (χ1n) is 6.52. The molecule has 98 valence electrons. The van der Waals surface area contributed by atoms with Crippen molar-refractivity contribution in [1.29, 1.82) is 0 Å². The molecule has 2 heterocycles. The van der Waals surface area contributed by atoms with E-state index >= 15 is 0 Å². The van der Waals surface area contributed by atoms with Crippen LogP contribution in [0.25, 0.3) is 0 Å². The fourth-order valence-corrected chi connectivity index (χ4v) is 2.63. The molecule has 1 atom stereocenters. The summed E-state index contributed by atoms with van der Waals surface area (Å²) in [5.74, 6) is -0.246. The standard InChI is InChI=1S/C14H21N3O/c1-10-8-11(5-6-14(15)18)9-12(16-10)13-4-3-7-17(13)2/h8-9,13H,3-7H2,1-2H3,(H2,15,18)/t13-/m0/s1. The summed E-state index contributed by atoms with van der Waals surface area (Å²) in [5, 5.41) is 0. The molecule has 1 amide bonds. The zero-order chi connectivity index (χ0) is 13.1. The van der Waals surface area contributed by atoms with Gasteiger partial charge in [0.15, 0.2) is 0 Å². The van der Waals surface area contributed by atoms with Crippen LogP contribution < -0.4 is 5.73 Å². The number of pyridine rings is 1. The van der Waals surface area contributed by atoms with Crippen LogP contribution in [0.1, 0.15) is 42.3 Å². The minimum Gasteiger partial charge on any atom is -0.370 e. The van der Waals surface area contributed by atoms with E-state index in [1.165, 1.54) is 12.8 Å². The maximum atomic E-state index is 10.8. The summed E-state index contributed by atoms with van der Waals surface area (Å²) in [6.45, 7) is 3.14. The van der Waals surface area contributed by atoms with Gasteiger partial charge in [0.1, 0.15) is 0 Å². The smallest absolute Gasteiger partial charge is 0.217 e. The fraction of sp³-hybridized carbons (Fsp3) is 0.571. The maximum Gasteiger partial charge on any atom is 0.217 e. The molecule has 1 fully saturated rings. The summed E-state index contributed by atoms with van der Waals surface area (Å²) >= 11 is 0. The lowest BCUT2D eigenvalue weighted by Crippen LogP contribution is -2.19. The molecule has 1 aliphatic heterocycles. The number of rotatable bonds is 4. The van der Waals surface area contributed by atoms with Gasteiger partial charge < -0.3 is 5.73 Å². The minimum absolute atomic E-state index is 0.246. The number of nitrogens with zero attached hydrogens (tertiary/aromatic N) is 2. The van der Waals surface area contributed by atoms with Gasteiger partial charge in [0.2, 0.25) is 5.91 Å². The largest absolute Gasteiger partial charge is 0.370 e. The molecule has 2 rings (SSSR count). The number of carbonyl (C=O) groups excluding carboxylic acids is 1. The molecule has 2 N–H and O–H groups in total. The minimum atomic E-state index is -0.246. The zero-order valence-corrected chi connectivity index (χ0v) is 11.1. The van der Waals surface area contributed by atoms with Crippen molar-refractivity contribution >= 4 is 5.91 Å². The molecule has 18 heavy (non-hydrogen) atoms. The second-order valence-electron chi connectivity index (χ2n) is 5.15. The molecule has 0 aliphatic carbocycles. The van der Waals surface area contributed by atoms with Gasteiger partial charge in [0, 0.05) is 12.1 Å². The molecule has 4 heteroatoms. The average molecular weight is 247 g/mol. The highest BCUT2D eigenvalue weighted by Crippen LogP contribution is 2.29. The molecule has 1 aromatic heterocycles. The Hall–Kier alpha value is -1.42. The number of aryl methyl sites for hydroxylation is 2. The molecule has 4 nitrogen and oxygen atoms in total. The van der Waals surface area contributed by atoms with Gasteiger partial charge >= 0.3 is 0 Å². The number of hydrogen-bond acceptors (Lipinski definition) is 3. The molecule has 1 aromatic rings. The SMILES string of the molecule is Cc1cc(CCC(N)=O)cc([C@@H]2CCCN2C)n1. The summed E-state index contributed by atoms with van der Waals surface area (Å²) < 4.78 is 0. The highest BCUT2D eigenvalue weighted by Gasteiger charge is 2.24. The molecule has 0 saturated carbocycles. The Morgan fingerprint density at radius 1 is 1.56 bits per heavy atom. The lowest BCUT2D eigenvalue weighted by molar-refractivity contribution is -0.117. The van der Waals surface area contributed by atoms with E-state index in [4.69, 9.17) is 5.73 Å². The Morgan fingerprint density at radius 2 is 2.33 bits per heavy atom. The van der Waals surface area contributed by atoms with Crippen molar-refractivity contribution in [1.82, 2.24) is 9.88 Å². The third-order valence-electron chi connectivity index (χ3n) is 3.55. The number of carbonyl (C=O) groups is 1. The first kappa shape index (κ1) is 13.0. The third-order valence-corrected chi connectivity index (χ3v) is 3.55. The van der Waals surface area contributed by atoms with Crippen molar-refractivity contribution in [2.45, 2.75) is 38.6 Å². The topological polar surface area (TPSA) is 59.2 Å². The van der Waals surface area contributed by atoms with Gasteiger partial charge in [-0.1, -0.05) is 0 Å². The lowest BCUT2D eigenvalue weighted by Gasteiger charge is -2.20. The van der Waals surface area contributed by atoms with Crippen LogP contribution in [0.5, 0.6) is 0 Å². The first-order chi connectivity index (χ1) is 8.56. The van der Waals surface area contributed by atoms with Crippen LogP contribution in [0.4, 0.5) is 0 Å². The molecular formula is C14H21N3O. The third kappa shape index (κ3) is 3.07. The molecule has 0 bridgehead atoms. The Kier molecular flexibility index (Phi) is 3.97. The van der Waals surface area contributed by atoms with E-state index < -0.39 is 0 Å². The fourth-order valence-electron chi connectivity index (χ4n) is 2.63. The van der Waals surface area contributed by atoms with Crippen molar-refractivity contribution in [3.63, 3.8) is 0 Å². The van der Waals surface area contributed by atoms with Crippen molar-refractivity contribution < 1.29 is 4.79 Å². The van der Waals surface area contributed by atoms with Crippen molar-refractivity contribution in [3.8, 4) is 0 Å². The Bertz CT molecular complexity index is 445. The molecule has 0 radical (unpaired) electrons. The number of aromatic nitrogens is 1. The predicted octanol–water partition coefficient (Wildman–Crippen LogP) is 1.57. The number of amides is 1. The molecular weight excluding hydrogens is 226 g/mol. The normalized spacial score (nSPS) is 20.2. The lowest BCUT2D eigenvalue weighted by atomic mass is 10.0. The molecule has 1 saturated heterocycles. The van der Waals surface area contributed by atoms with E-state index in [9.17, 15) is 4.79 Å². The van der Waals surface area contributed by atoms with Crippen LogP contribution in [0.3, 0.4) is 0 Å². The van der Waals surface area contributed by atoms with Crippen LogP contribution >= 0.6 is 0 Å². The van der Waals surface area contributed by atoms with Crippen LogP contribution in [0, 0.1) is 6.92 Å². The van der Waals surface area contributed by atoms with Crippen LogP contribution in [-0.4, -0.2) is 29.4 Å². The summed E-state index contributed by atoms with van der Waals surface area (Å²) in [5.41, 5.74) is 8.52. The van der Waals surface area contributed by atoms with Gasteiger partial charge in [-0.3, -0.25) is 14.7 Å². The second-order valence-corrected chi connectivity index (χ2v) is 5.15. The van der Waals surface area contributed by atoms with Gasteiger partial charge in [-0.25, -0.2) is 0 Å². The number of primary amides is 1.